The second kappa shape index (κ2) is 7.57. The molecular weight excluding hydrogens is 172 g/mol. The minimum atomic E-state index is 0.888. The molecule has 0 N–H and O–H groups in total. The van der Waals surface area contributed by atoms with E-state index in [1.54, 1.807) is 0 Å². The van der Waals surface area contributed by atoms with Crippen LogP contribution in [0.1, 0.15) is 31.7 Å². The van der Waals surface area contributed by atoms with Crippen LogP contribution in [0.4, 0.5) is 0 Å². The molecule has 1 rings (SSSR count). The number of hydrogen-bond donors (Lipinski definition) is 0. The molecule has 0 aliphatic rings. The van der Waals surface area contributed by atoms with Gasteiger partial charge in [-0.3, -0.25) is 0 Å². The van der Waals surface area contributed by atoms with Crippen LogP contribution in [0.25, 0.3) is 0 Å². The second-order valence-electron chi connectivity index (χ2n) is 3.48. The Kier molecular flexibility index (Phi) is 6.09. The molecule has 14 heavy (non-hydrogen) atoms. The van der Waals surface area contributed by atoms with E-state index in [0.717, 1.165) is 26.1 Å². The Labute approximate surface area is 87.1 Å². The van der Waals surface area contributed by atoms with Crippen molar-refractivity contribution in [3.05, 3.63) is 35.9 Å². The van der Waals surface area contributed by atoms with E-state index >= 15 is 0 Å². The zero-order chi connectivity index (χ0) is 10.1. The van der Waals surface area contributed by atoms with Crippen molar-refractivity contribution in [3.63, 3.8) is 0 Å². The van der Waals surface area contributed by atoms with E-state index < -0.39 is 0 Å². The summed E-state index contributed by atoms with van der Waals surface area (Å²) in [7, 11) is 0. The maximum Gasteiger partial charge on any atom is 0.0469 e. The standard InChI is InChI=1S/C13H19O/c1-2-3-11-14-12-7-10-13-8-5-4-6-9-13/h5-6,8-9H,2-3,7,10-12H2,1H3. The number of unbranched alkanes of at least 4 members (excludes halogenated alkanes) is 1. The summed E-state index contributed by atoms with van der Waals surface area (Å²) in [6, 6.07) is 11.2. The van der Waals surface area contributed by atoms with E-state index in [-0.39, 0.29) is 0 Å². The van der Waals surface area contributed by atoms with E-state index in [4.69, 9.17) is 4.74 Å². The van der Waals surface area contributed by atoms with Crippen molar-refractivity contribution in [2.75, 3.05) is 13.2 Å². The van der Waals surface area contributed by atoms with Gasteiger partial charge in [-0.1, -0.05) is 37.6 Å². The molecule has 0 saturated carbocycles. The molecule has 0 bridgehead atoms. The van der Waals surface area contributed by atoms with Crippen LogP contribution in [0.3, 0.4) is 0 Å². The van der Waals surface area contributed by atoms with Crippen molar-refractivity contribution in [2.24, 2.45) is 0 Å². The molecule has 0 fully saturated rings. The number of ether oxygens (including phenoxy) is 1. The monoisotopic (exact) mass is 191 g/mol. The van der Waals surface area contributed by atoms with Crippen molar-refractivity contribution in [2.45, 2.75) is 32.6 Å². The Bertz CT molecular complexity index is 218. The van der Waals surface area contributed by atoms with Crippen molar-refractivity contribution < 1.29 is 4.74 Å². The quantitative estimate of drug-likeness (QED) is 0.601. The smallest absolute Gasteiger partial charge is 0.0469 e. The Morgan fingerprint density at radius 3 is 2.57 bits per heavy atom. The van der Waals surface area contributed by atoms with Crippen LogP contribution in [0.15, 0.2) is 24.3 Å². The molecule has 0 unspecified atom stereocenters. The van der Waals surface area contributed by atoms with Crippen LogP contribution >= 0.6 is 0 Å². The number of benzene rings is 1. The topological polar surface area (TPSA) is 9.23 Å². The van der Waals surface area contributed by atoms with Crippen molar-refractivity contribution >= 4 is 0 Å². The van der Waals surface area contributed by atoms with E-state index in [0.29, 0.717) is 0 Å². The first kappa shape index (κ1) is 11.3. The minimum absolute atomic E-state index is 0.888. The molecule has 1 nitrogen and oxygen atoms in total. The highest BCUT2D eigenvalue weighted by Gasteiger charge is 1.92. The zero-order valence-corrected chi connectivity index (χ0v) is 8.96. The van der Waals surface area contributed by atoms with Crippen LogP contribution in [-0.2, 0) is 11.2 Å². The van der Waals surface area contributed by atoms with Crippen LogP contribution in [-0.4, -0.2) is 13.2 Å². The first-order valence-corrected chi connectivity index (χ1v) is 5.46. The highest BCUT2D eigenvalue weighted by atomic mass is 16.5. The third-order valence-corrected chi connectivity index (χ3v) is 2.18. The summed E-state index contributed by atoms with van der Waals surface area (Å²) in [5.74, 6) is 0. The van der Waals surface area contributed by atoms with E-state index in [1.165, 1.54) is 18.4 Å². The molecule has 0 atom stereocenters. The van der Waals surface area contributed by atoms with Crippen molar-refractivity contribution in [1.29, 1.82) is 0 Å². The Morgan fingerprint density at radius 1 is 1.14 bits per heavy atom. The van der Waals surface area contributed by atoms with Gasteiger partial charge in [0.25, 0.3) is 0 Å². The average molecular weight is 191 g/mol. The highest BCUT2D eigenvalue weighted by molar-refractivity contribution is 5.13. The number of hydrogen-bond acceptors (Lipinski definition) is 1. The lowest BCUT2D eigenvalue weighted by atomic mass is 10.1. The Morgan fingerprint density at radius 2 is 1.86 bits per heavy atom. The van der Waals surface area contributed by atoms with Gasteiger partial charge in [0.15, 0.2) is 0 Å². The molecule has 0 aliphatic heterocycles. The first-order valence-electron chi connectivity index (χ1n) is 5.46. The highest BCUT2D eigenvalue weighted by Crippen LogP contribution is 2.02. The maximum absolute atomic E-state index is 5.49. The van der Waals surface area contributed by atoms with Crippen molar-refractivity contribution in [3.8, 4) is 0 Å². The third-order valence-electron chi connectivity index (χ3n) is 2.18. The lowest BCUT2D eigenvalue weighted by Crippen LogP contribution is -1.98. The van der Waals surface area contributed by atoms with Gasteiger partial charge in [-0.15, -0.1) is 0 Å². The summed E-state index contributed by atoms with van der Waals surface area (Å²) < 4.78 is 5.49. The lowest BCUT2D eigenvalue weighted by molar-refractivity contribution is 0.129. The van der Waals surface area contributed by atoms with Crippen LogP contribution in [0.5, 0.6) is 0 Å². The van der Waals surface area contributed by atoms with Crippen LogP contribution < -0.4 is 0 Å². The molecule has 77 valence electrons. The maximum atomic E-state index is 5.49. The molecule has 0 heterocycles. The first-order chi connectivity index (χ1) is 6.93. The summed E-state index contributed by atoms with van der Waals surface area (Å²) in [6.07, 6.45) is 4.63. The molecule has 1 aromatic rings. The van der Waals surface area contributed by atoms with E-state index in [9.17, 15) is 0 Å². The fourth-order valence-corrected chi connectivity index (χ4v) is 1.31. The Balaban J connectivity index is 1.99. The largest absolute Gasteiger partial charge is 0.381 e. The molecule has 1 radical (unpaired) electrons. The van der Waals surface area contributed by atoms with Gasteiger partial charge in [0.05, 0.1) is 0 Å². The summed E-state index contributed by atoms with van der Waals surface area (Å²) in [5, 5.41) is 0. The molecule has 0 aliphatic carbocycles. The fraction of sp³-hybridized carbons (Fsp3) is 0.538. The van der Waals surface area contributed by atoms with Crippen molar-refractivity contribution in [1.82, 2.24) is 0 Å². The zero-order valence-electron chi connectivity index (χ0n) is 8.96. The van der Waals surface area contributed by atoms with E-state index in [2.05, 4.69) is 25.1 Å². The summed E-state index contributed by atoms with van der Waals surface area (Å²) in [4.78, 5) is 0. The van der Waals surface area contributed by atoms with Gasteiger partial charge in [-0.05, 0) is 30.9 Å². The van der Waals surface area contributed by atoms with Gasteiger partial charge < -0.3 is 4.74 Å². The minimum Gasteiger partial charge on any atom is -0.381 e. The fourth-order valence-electron chi connectivity index (χ4n) is 1.31. The molecule has 0 saturated heterocycles. The van der Waals surface area contributed by atoms with Gasteiger partial charge in [0.1, 0.15) is 0 Å². The summed E-state index contributed by atoms with van der Waals surface area (Å²) in [6.45, 7) is 3.99. The average Bonchev–Trinajstić information content (AvgIpc) is 2.25. The second-order valence-corrected chi connectivity index (χ2v) is 3.48. The third kappa shape index (κ3) is 5.03. The van der Waals surface area contributed by atoms with Gasteiger partial charge in [0.2, 0.25) is 0 Å². The Hall–Kier alpha value is -0.820. The molecule has 1 aromatic carbocycles. The molecule has 0 spiro atoms. The molecular formula is C13H19O. The normalized spacial score (nSPS) is 10.4. The van der Waals surface area contributed by atoms with E-state index in [1.807, 2.05) is 12.1 Å². The van der Waals surface area contributed by atoms with Gasteiger partial charge in [0, 0.05) is 13.2 Å². The van der Waals surface area contributed by atoms with Crippen LogP contribution in [0.2, 0.25) is 0 Å². The number of rotatable bonds is 7. The van der Waals surface area contributed by atoms with Gasteiger partial charge in [-0.2, -0.15) is 0 Å². The summed E-state index contributed by atoms with van der Waals surface area (Å²) in [5.41, 5.74) is 1.38. The molecule has 1 heteroatoms. The predicted molar refractivity (Wildman–Crippen MR) is 59.3 cm³/mol. The predicted octanol–water partition coefficient (Wildman–Crippen LogP) is 3.24. The van der Waals surface area contributed by atoms with Crippen LogP contribution in [0, 0.1) is 6.07 Å². The summed E-state index contributed by atoms with van der Waals surface area (Å²) >= 11 is 0. The van der Waals surface area contributed by atoms with Gasteiger partial charge >= 0.3 is 0 Å². The van der Waals surface area contributed by atoms with Gasteiger partial charge in [-0.25, -0.2) is 0 Å². The lowest BCUT2D eigenvalue weighted by Gasteiger charge is -2.03. The SMILES string of the molecule is CCCCOCCCc1cc[c]cc1. The molecule has 0 aromatic heterocycles. The number of aryl methyl sites for hydroxylation is 1. The molecule has 0 amide bonds.